The van der Waals surface area contributed by atoms with Gasteiger partial charge in [-0.15, -0.1) is 0 Å². The zero-order valence-electron chi connectivity index (χ0n) is 8.74. The van der Waals surface area contributed by atoms with Gasteiger partial charge >= 0.3 is 5.97 Å². The van der Waals surface area contributed by atoms with Crippen LogP contribution in [0.25, 0.3) is 6.08 Å². The van der Waals surface area contributed by atoms with Crippen LogP contribution in [0, 0.1) is 0 Å². The van der Waals surface area contributed by atoms with Gasteiger partial charge in [-0.3, -0.25) is 0 Å². The molecule has 0 fully saturated rings. The summed E-state index contributed by atoms with van der Waals surface area (Å²) in [5, 5.41) is 0. The van der Waals surface area contributed by atoms with Gasteiger partial charge in [-0.25, -0.2) is 4.79 Å². The van der Waals surface area contributed by atoms with Crippen molar-refractivity contribution in [2.24, 2.45) is 0 Å². The summed E-state index contributed by atoms with van der Waals surface area (Å²) in [5.74, 6) is -0.720. The second-order valence-electron chi connectivity index (χ2n) is 3.82. The normalized spacial score (nSPS) is 17.3. The second kappa shape index (κ2) is 3.12. The van der Waals surface area contributed by atoms with E-state index in [0.29, 0.717) is 11.3 Å². The first kappa shape index (κ1) is 9.77. The van der Waals surface area contributed by atoms with Gasteiger partial charge in [0.2, 0.25) is 5.79 Å². The lowest BCUT2D eigenvalue weighted by Gasteiger charge is -2.32. The fraction of sp³-hybridized carbons (Fsp3) is 0.250. The highest BCUT2D eigenvalue weighted by Crippen LogP contribution is 2.34. The standard InChI is InChI=1S/C12H12O3/c1-4-8-6-5-7-9-10(8)14-12(2,3)15-11(9)13/h4-7H,1H2,2-3H3. The highest BCUT2D eigenvalue weighted by Gasteiger charge is 2.34. The Balaban J connectivity index is 2.60. The molecule has 3 heteroatoms. The molecule has 1 aliphatic rings. The molecule has 78 valence electrons. The summed E-state index contributed by atoms with van der Waals surface area (Å²) < 4.78 is 10.7. The van der Waals surface area contributed by atoms with E-state index in [4.69, 9.17) is 9.47 Å². The molecule has 0 N–H and O–H groups in total. The van der Waals surface area contributed by atoms with Crippen LogP contribution in [0.3, 0.4) is 0 Å². The van der Waals surface area contributed by atoms with Crippen molar-refractivity contribution < 1.29 is 14.3 Å². The molecule has 3 nitrogen and oxygen atoms in total. The van der Waals surface area contributed by atoms with Gasteiger partial charge in [0.1, 0.15) is 11.3 Å². The van der Waals surface area contributed by atoms with Gasteiger partial charge in [0.05, 0.1) is 0 Å². The number of esters is 1. The van der Waals surface area contributed by atoms with Crippen LogP contribution >= 0.6 is 0 Å². The third-order valence-electron chi connectivity index (χ3n) is 2.17. The molecule has 1 aromatic carbocycles. The molecular formula is C12H12O3. The number of cyclic esters (lactones) is 1. The van der Waals surface area contributed by atoms with Gasteiger partial charge in [-0.1, -0.05) is 24.8 Å². The Labute approximate surface area is 88.3 Å². The van der Waals surface area contributed by atoms with Crippen molar-refractivity contribution in [1.29, 1.82) is 0 Å². The molecule has 0 bridgehead atoms. The van der Waals surface area contributed by atoms with Gasteiger partial charge < -0.3 is 9.47 Å². The largest absolute Gasteiger partial charge is 0.451 e. The fourth-order valence-electron chi connectivity index (χ4n) is 1.54. The summed E-state index contributed by atoms with van der Waals surface area (Å²) in [7, 11) is 0. The maximum Gasteiger partial charge on any atom is 0.345 e. The lowest BCUT2D eigenvalue weighted by atomic mass is 10.1. The molecule has 0 radical (unpaired) electrons. The average molecular weight is 204 g/mol. The predicted octanol–water partition coefficient (Wildman–Crippen LogP) is 2.61. The highest BCUT2D eigenvalue weighted by atomic mass is 16.7. The first-order valence-electron chi connectivity index (χ1n) is 4.71. The van der Waals surface area contributed by atoms with E-state index in [1.165, 1.54) is 0 Å². The van der Waals surface area contributed by atoms with E-state index in [0.717, 1.165) is 5.56 Å². The molecule has 1 aromatic rings. The number of benzene rings is 1. The van der Waals surface area contributed by atoms with Gasteiger partial charge in [0.25, 0.3) is 0 Å². The van der Waals surface area contributed by atoms with Crippen LogP contribution in [0.2, 0.25) is 0 Å². The maximum atomic E-state index is 11.6. The van der Waals surface area contributed by atoms with Crippen molar-refractivity contribution in [1.82, 2.24) is 0 Å². The number of hydrogen-bond acceptors (Lipinski definition) is 3. The van der Waals surface area contributed by atoms with Crippen LogP contribution < -0.4 is 4.74 Å². The quantitative estimate of drug-likeness (QED) is 0.659. The molecule has 0 saturated carbocycles. The summed E-state index contributed by atoms with van der Waals surface area (Å²) >= 11 is 0. The van der Waals surface area contributed by atoms with Crippen LogP contribution in [-0.2, 0) is 4.74 Å². The molecule has 0 aliphatic carbocycles. The molecule has 2 rings (SSSR count). The Bertz CT molecular complexity index is 432. The number of carbonyl (C=O) groups excluding carboxylic acids is 1. The van der Waals surface area contributed by atoms with E-state index >= 15 is 0 Å². The number of ether oxygens (including phenoxy) is 2. The minimum absolute atomic E-state index is 0.357. The van der Waals surface area contributed by atoms with E-state index in [1.807, 2.05) is 6.07 Å². The molecule has 0 aromatic heterocycles. The van der Waals surface area contributed by atoms with Crippen molar-refractivity contribution >= 4 is 12.0 Å². The Morgan fingerprint density at radius 2 is 2.07 bits per heavy atom. The lowest BCUT2D eigenvalue weighted by molar-refractivity contribution is -0.127. The van der Waals surface area contributed by atoms with E-state index in [-0.39, 0.29) is 5.97 Å². The van der Waals surface area contributed by atoms with Crippen molar-refractivity contribution in [2.45, 2.75) is 19.6 Å². The molecule has 0 spiro atoms. The first-order valence-corrected chi connectivity index (χ1v) is 4.71. The van der Waals surface area contributed by atoms with Crippen LogP contribution in [0.5, 0.6) is 5.75 Å². The maximum absolute atomic E-state index is 11.6. The van der Waals surface area contributed by atoms with E-state index in [9.17, 15) is 4.79 Å². The highest BCUT2D eigenvalue weighted by molar-refractivity contribution is 5.95. The van der Waals surface area contributed by atoms with Gasteiger partial charge in [-0.2, -0.15) is 0 Å². The summed E-state index contributed by atoms with van der Waals surface area (Å²) in [4.78, 5) is 11.6. The fourth-order valence-corrected chi connectivity index (χ4v) is 1.54. The molecule has 15 heavy (non-hydrogen) atoms. The monoisotopic (exact) mass is 204 g/mol. The number of carbonyl (C=O) groups is 1. The molecule has 1 aliphatic heterocycles. The SMILES string of the molecule is C=Cc1cccc2c1OC(C)(C)OC2=O. The van der Waals surface area contributed by atoms with Crippen molar-refractivity contribution in [3.8, 4) is 5.75 Å². The van der Waals surface area contributed by atoms with Crippen molar-refractivity contribution in [3.05, 3.63) is 35.9 Å². The molecular weight excluding hydrogens is 192 g/mol. The zero-order valence-corrected chi connectivity index (χ0v) is 8.74. The first-order chi connectivity index (χ1) is 7.03. The van der Waals surface area contributed by atoms with E-state index in [1.54, 1.807) is 32.1 Å². The van der Waals surface area contributed by atoms with Crippen LogP contribution in [0.1, 0.15) is 29.8 Å². The number of rotatable bonds is 1. The molecule has 0 saturated heterocycles. The molecule has 0 amide bonds. The summed E-state index contributed by atoms with van der Waals surface area (Å²) in [6, 6.07) is 5.30. The minimum atomic E-state index is -0.913. The zero-order chi connectivity index (χ0) is 11.1. The molecule has 0 unspecified atom stereocenters. The lowest BCUT2D eigenvalue weighted by Crippen LogP contribution is -2.39. The number of fused-ring (bicyclic) bond motifs is 1. The van der Waals surface area contributed by atoms with Gasteiger partial charge in [-0.05, 0) is 6.07 Å². The summed E-state index contributed by atoms with van der Waals surface area (Å²) in [6.45, 7) is 7.08. The Morgan fingerprint density at radius 1 is 1.33 bits per heavy atom. The average Bonchev–Trinajstić information content (AvgIpc) is 2.15. The second-order valence-corrected chi connectivity index (χ2v) is 3.82. The molecule has 1 heterocycles. The topological polar surface area (TPSA) is 35.5 Å². The smallest absolute Gasteiger partial charge is 0.345 e. The number of hydrogen-bond donors (Lipinski definition) is 0. The third kappa shape index (κ3) is 1.61. The van der Waals surface area contributed by atoms with E-state index < -0.39 is 5.79 Å². The van der Waals surface area contributed by atoms with Crippen LogP contribution in [0.15, 0.2) is 24.8 Å². The predicted molar refractivity (Wildman–Crippen MR) is 56.7 cm³/mol. The molecule has 0 atom stereocenters. The number of para-hydroxylation sites is 1. The van der Waals surface area contributed by atoms with Crippen molar-refractivity contribution in [2.75, 3.05) is 0 Å². The van der Waals surface area contributed by atoms with Gasteiger partial charge in [0.15, 0.2) is 0 Å². The summed E-state index contributed by atoms with van der Waals surface area (Å²) in [5.41, 5.74) is 1.25. The third-order valence-corrected chi connectivity index (χ3v) is 2.17. The van der Waals surface area contributed by atoms with Crippen LogP contribution in [-0.4, -0.2) is 11.8 Å². The van der Waals surface area contributed by atoms with Crippen LogP contribution in [0.4, 0.5) is 0 Å². The van der Waals surface area contributed by atoms with Gasteiger partial charge in [0, 0.05) is 19.4 Å². The Kier molecular flexibility index (Phi) is 2.03. The summed E-state index contributed by atoms with van der Waals surface area (Å²) in [6.07, 6.45) is 1.66. The van der Waals surface area contributed by atoms with E-state index in [2.05, 4.69) is 6.58 Å². The Hall–Kier alpha value is -1.77. The van der Waals surface area contributed by atoms with Crippen molar-refractivity contribution in [3.63, 3.8) is 0 Å². The minimum Gasteiger partial charge on any atom is -0.451 e. The Morgan fingerprint density at radius 3 is 2.73 bits per heavy atom.